The molecule has 0 radical (unpaired) electrons. The van der Waals surface area contributed by atoms with Crippen LogP contribution in [-0.4, -0.2) is 12.5 Å². The number of nitrogens with one attached hydrogen (secondary N) is 2. The molecule has 2 rings (SSSR count). The van der Waals surface area contributed by atoms with Crippen LogP contribution in [0.5, 0.6) is 0 Å². The van der Waals surface area contributed by atoms with Gasteiger partial charge in [-0.05, 0) is 49.7 Å². The second kappa shape index (κ2) is 6.26. The molecule has 110 valence electrons. The second-order valence-corrected chi connectivity index (χ2v) is 4.75. The molecule has 2 aromatic carbocycles. The van der Waals surface area contributed by atoms with Gasteiger partial charge in [-0.25, -0.2) is 4.39 Å². The van der Waals surface area contributed by atoms with Gasteiger partial charge in [-0.2, -0.15) is 0 Å². The van der Waals surface area contributed by atoms with E-state index in [1.165, 1.54) is 12.1 Å². The molecule has 21 heavy (non-hydrogen) atoms. The van der Waals surface area contributed by atoms with Gasteiger partial charge in [0.25, 0.3) is 5.91 Å². The maximum atomic E-state index is 13.4. The third-order valence-electron chi connectivity index (χ3n) is 3.09. The lowest BCUT2D eigenvalue weighted by Crippen LogP contribution is -2.23. The molecule has 5 heteroatoms. The average Bonchev–Trinajstić information content (AvgIpc) is 2.43. The number of amides is 1. The van der Waals surface area contributed by atoms with Crippen LogP contribution in [0.2, 0.25) is 0 Å². The first kappa shape index (κ1) is 14.8. The number of carbonyl (C=O) groups excluding carboxylic acids is 1. The van der Waals surface area contributed by atoms with Crippen LogP contribution in [0, 0.1) is 12.7 Å². The average molecular weight is 287 g/mol. The molecule has 0 saturated heterocycles. The molecule has 0 spiro atoms. The fourth-order valence-electron chi connectivity index (χ4n) is 1.99. The number of carbonyl (C=O) groups is 1. The van der Waals surface area contributed by atoms with E-state index in [1.807, 2.05) is 13.8 Å². The van der Waals surface area contributed by atoms with E-state index in [-0.39, 0.29) is 11.7 Å². The largest absolute Gasteiger partial charge is 0.399 e. The Balaban J connectivity index is 2.40. The highest BCUT2D eigenvalue weighted by atomic mass is 19.1. The van der Waals surface area contributed by atoms with Crippen LogP contribution in [0.4, 0.5) is 21.5 Å². The third kappa shape index (κ3) is 3.51. The number of aryl methyl sites for hydroxylation is 1. The first-order chi connectivity index (χ1) is 10.0. The van der Waals surface area contributed by atoms with Crippen molar-refractivity contribution in [2.75, 3.05) is 17.6 Å². The summed E-state index contributed by atoms with van der Waals surface area (Å²) in [5, 5.41) is 5.82. The van der Waals surface area contributed by atoms with Gasteiger partial charge < -0.3 is 16.4 Å². The number of anilines is 3. The fraction of sp³-hybridized carbons (Fsp3) is 0.188. The minimum absolute atomic E-state index is 0.200. The Bertz CT molecular complexity index is 671. The van der Waals surface area contributed by atoms with Crippen LogP contribution in [-0.2, 0) is 0 Å². The summed E-state index contributed by atoms with van der Waals surface area (Å²) in [4.78, 5) is 12.1. The molecule has 0 aliphatic carbocycles. The van der Waals surface area contributed by atoms with Gasteiger partial charge in [0, 0.05) is 17.9 Å². The van der Waals surface area contributed by atoms with Gasteiger partial charge in [0.1, 0.15) is 5.82 Å². The SMILES string of the molecule is CCNC(=O)c1ccc(N)cc1Nc1cc(F)ccc1C. The quantitative estimate of drug-likeness (QED) is 0.756. The van der Waals surface area contributed by atoms with Crippen LogP contribution in [0.15, 0.2) is 36.4 Å². The van der Waals surface area contributed by atoms with Crippen molar-refractivity contribution in [1.82, 2.24) is 5.32 Å². The Labute approximate surface area is 123 Å². The van der Waals surface area contributed by atoms with Gasteiger partial charge >= 0.3 is 0 Å². The summed E-state index contributed by atoms with van der Waals surface area (Å²) in [5.41, 5.74) is 8.80. The summed E-state index contributed by atoms with van der Waals surface area (Å²) in [6, 6.07) is 9.43. The molecular formula is C16H18FN3O. The Morgan fingerprint density at radius 3 is 2.67 bits per heavy atom. The van der Waals surface area contributed by atoms with E-state index >= 15 is 0 Å². The zero-order chi connectivity index (χ0) is 15.4. The lowest BCUT2D eigenvalue weighted by Gasteiger charge is -2.14. The van der Waals surface area contributed by atoms with Crippen LogP contribution in [0.25, 0.3) is 0 Å². The van der Waals surface area contributed by atoms with E-state index in [9.17, 15) is 9.18 Å². The summed E-state index contributed by atoms with van der Waals surface area (Å²) >= 11 is 0. The van der Waals surface area contributed by atoms with Gasteiger partial charge in [0.05, 0.1) is 11.3 Å². The molecule has 0 unspecified atom stereocenters. The van der Waals surface area contributed by atoms with E-state index in [0.29, 0.717) is 29.2 Å². The Morgan fingerprint density at radius 1 is 1.19 bits per heavy atom. The minimum Gasteiger partial charge on any atom is -0.399 e. The number of halogens is 1. The predicted molar refractivity (Wildman–Crippen MR) is 83.3 cm³/mol. The molecule has 0 fully saturated rings. The number of nitrogen functional groups attached to an aromatic ring is 1. The summed E-state index contributed by atoms with van der Waals surface area (Å²) in [5.74, 6) is -0.541. The highest BCUT2D eigenvalue weighted by molar-refractivity contribution is 6.01. The lowest BCUT2D eigenvalue weighted by atomic mass is 10.1. The zero-order valence-electron chi connectivity index (χ0n) is 12.0. The smallest absolute Gasteiger partial charge is 0.253 e. The topological polar surface area (TPSA) is 67.2 Å². The van der Waals surface area contributed by atoms with E-state index < -0.39 is 0 Å². The maximum absolute atomic E-state index is 13.4. The Hall–Kier alpha value is -2.56. The van der Waals surface area contributed by atoms with Crippen LogP contribution in [0.1, 0.15) is 22.8 Å². The number of nitrogens with two attached hydrogens (primary N) is 1. The van der Waals surface area contributed by atoms with Gasteiger partial charge in [-0.15, -0.1) is 0 Å². The van der Waals surface area contributed by atoms with Crippen molar-refractivity contribution >= 4 is 23.0 Å². The molecule has 4 nitrogen and oxygen atoms in total. The molecule has 0 saturated carbocycles. The molecule has 2 aromatic rings. The van der Waals surface area contributed by atoms with Gasteiger partial charge in [-0.1, -0.05) is 6.07 Å². The van der Waals surface area contributed by atoms with Crippen molar-refractivity contribution in [3.8, 4) is 0 Å². The summed E-state index contributed by atoms with van der Waals surface area (Å²) in [6.45, 7) is 4.24. The molecule has 0 atom stereocenters. The predicted octanol–water partition coefficient (Wildman–Crippen LogP) is 3.21. The molecule has 0 aromatic heterocycles. The van der Waals surface area contributed by atoms with E-state index in [2.05, 4.69) is 10.6 Å². The highest BCUT2D eigenvalue weighted by Gasteiger charge is 2.12. The number of benzene rings is 2. The number of hydrogen-bond donors (Lipinski definition) is 3. The van der Waals surface area contributed by atoms with Gasteiger partial charge in [0.2, 0.25) is 0 Å². The third-order valence-corrected chi connectivity index (χ3v) is 3.09. The summed E-state index contributed by atoms with van der Waals surface area (Å²) in [6.07, 6.45) is 0. The molecule has 0 aliphatic heterocycles. The van der Waals surface area contributed by atoms with Crippen LogP contribution >= 0.6 is 0 Å². The molecular weight excluding hydrogens is 269 g/mol. The molecule has 0 aliphatic rings. The maximum Gasteiger partial charge on any atom is 0.253 e. The van der Waals surface area contributed by atoms with Crippen LogP contribution in [0.3, 0.4) is 0 Å². The first-order valence-electron chi connectivity index (χ1n) is 6.72. The van der Waals surface area contributed by atoms with Gasteiger partial charge in [0.15, 0.2) is 0 Å². The highest BCUT2D eigenvalue weighted by Crippen LogP contribution is 2.26. The monoisotopic (exact) mass is 287 g/mol. The van der Waals surface area contributed by atoms with Gasteiger partial charge in [-0.3, -0.25) is 4.79 Å². The van der Waals surface area contributed by atoms with Crippen molar-refractivity contribution in [2.24, 2.45) is 0 Å². The van der Waals surface area contributed by atoms with Crippen molar-refractivity contribution in [3.63, 3.8) is 0 Å². The fourth-order valence-corrected chi connectivity index (χ4v) is 1.99. The second-order valence-electron chi connectivity index (χ2n) is 4.75. The van der Waals surface area contributed by atoms with Crippen molar-refractivity contribution in [3.05, 3.63) is 53.3 Å². The Kier molecular flexibility index (Phi) is 4.42. The van der Waals surface area contributed by atoms with Crippen molar-refractivity contribution in [2.45, 2.75) is 13.8 Å². The lowest BCUT2D eigenvalue weighted by molar-refractivity contribution is 0.0956. The summed E-state index contributed by atoms with van der Waals surface area (Å²) in [7, 11) is 0. The van der Waals surface area contributed by atoms with E-state index in [1.54, 1.807) is 24.3 Å². The molecule has 0 heterocycles. The van der Waals surface area contributed by atoms with Crippen LogP contribution < -0.4 is 16.4 Å². The van der Waals surface area contributed by atoms with Crippen molar-refractivity contribution < 1.29 is 9.18 Å². The summed E-state index contributed by atoms with van der Waals surface area (Å²) < 4.78 is 13.4. The molecule has 0 bridgehead atoms. The van der Waals surface area contributed by atoms with E-state index in [0.717, 1.165) is 5.56 Å². The number of rotatable bonds is 4. The minimum atomic E-state index is -0.341. The van der Waals surface area contributed by atoms with Crippen molar-refractivity contribution in [1.29, 1.82) is 0 Å². The molecule has 1 amide bonds. The first-order valence-corrected chi connectivity index (χ1v) is 6.72. The standard InChI is InChI=1S/C16H18FN3O/c1-3-19-16(21)13-7-6-12(18)9-15(13)20-14-8-11(17)5-4-10(14)2/h4-9,20H,3,18H2,1-2H3,(H,19,21). The Morgan fingerprint density at radius 2 is 1.95 bits per heavy atom. The zero-order valence-corrected chi connectivity index (χ0v) is 12.0. The number of hydrogen-bond acceptors (Lipinski definition) is 3. The molecule has 4 N–H and O–H groups in total. The van der Waals surface area contributed by atoms with E-state index in [4.69, 9.17) is 5.73 Å². The normalized spacial score (nSPS) is 10.2.